The zero-order chi connectivity index (χ0) is 18.3. The second-order valence-corrected chi connectivity index (χ2v) is 9.18. The maximum Gasteiger partial charge on any atom is 0.232 e. The third kappa shape index (κ3) is 3.46. The predicted molar refractivity (Wildman–Crippen MR) is 107 cm³/mol. The van der Waals surface area contributed by atoms with Crippen LogP contribution in [0.25, 0.3) is 0 Å². The number of nitrogens with one attached hydrogen (secondary N) is 2. The van der Waals surface area contributed by atoms with Gasteiger partial charge in [-0.1, -0.05) is 12.1 Å². The van der Waals surface area contributed by atoms with E-state index >= 15 is 0 Å². The molecule has 4 bridgehead atoms. The van der Waals surface area contributed by atoms with Gasteiger partial charge in [0.05, 0.1) is 17.2 Å². The number of para-hydroxylation sites is 2. The first kappa shape index (κ1) is 17.8. The molecule has 4 aliphatic carbocycles. The predicted octanol–water partition coefficient (Wildman–Crippen LogP) is 4.50. The summed E-state index contributed by atoms with van der Waals surface area (Å²) in [5.41, 5.74) is 0.603. The average Bonchev–Trinajstić information content (AvgIpc) is 2.55. The van der Waals surface area contributed by atoms with Crippen LogP contribution in [0.2, 0.25) is 0 Å². The molecule has 5 heteroatoms. The molecule has 1 aromatic rings. The maximum absolute atomic E-state index is 13.1. The van der Waals surface area contributed by atoms with Crippen molar-refractivity contribution in [1.82, 2.24) is 5.32 Å². The summed E-state index contributed by atoms with van der Waals surface area (Å²) in [6, 6.07) is 7.69. The van der Waals surface area contributed by atoms with Gasteiger partial charge in [0.25, 0.3) is 0 Å². The third-order valence-corrected chi connectivity index (χ3v) is 6.45. The van der Waals surface area contributed by atoms with Crippen LogP contribution < -0.4 is 15.4 Å². The Morgan fingerprint density at radius 1 is 1.12 bits per heavy atom. The van der Waals surface area contributed by atoms with Gasteiger partial charge in [-0.15, -0.1) is 0 Å². The summed E-state index contributed by atoms with van der Waals surface area (Å²) in [5, 5.41) is 6.51. The number of carbonyl (C=O) groups is 1. The van der Waals surface area contributed by atoms with Crippen LogP contribution in [0.1, 0.15) is 52.4 Å². The molecule has 140 valence electrons. The van der Waals surface area contributed by atoms with E-state index in [2.05, 4.69) is 10.6 Å². The van der Waals surface area contributed by atoms with E-state index in [4.69, 9.17) is 17.0 Å². The standard InChI is InChI=1S/C21H28N2O2S/c1-13(2)25-18-6-4-3-5-17(18)22-20(26)23-19(24)21-10-14-7-15(11-21)9-16(8-14)12-21/h3-6,13-16H,7-12H2,1-2H3,(H2,22,23,24,26). The maximum atomic E-state index is 13.1. The van der Waals surface area contributed by atoms with E-state index in [0.29, 0.717) is 5.11 Å². The molecule has 4 aliphatic rings. The van der Waals surface area contributed by atoms with Gasteiger partial charge in [-0.05, 0) is 94.5 Å². The van der Waals surface area contributed by atoms with Crippen molar-refractivity contribution >= 4 is 28.9 Å². The molecule has 0 aliphatic heterocycles. The van der Waals surface area contributed by atoms with E-state index in [9.17, 15) is 4.79 Å². The van der Waals surface area contributed by atoms with Gasteiger partial charge in [0.1, 0.15) is 5.75 Å². The number of rotatable bonds is 4. The Hall–Kier alpha value is -1.62. The molecule has 26 heavy (non-hydrogen) atoms. The molecule has 2 N–H and O–H groups in total. The SMILES string of the molecule is CC(C)Oc1ccccc1NC(=S)NC(=O)C12CC3CC(CC(C3)C1)C2. The monoisotopic (exact) mass is 372 g/mol. The lowest BCUT2D eigenvalue weighted by Crippen LogP contribution is -2.55. The Morgan fingerprint density at radius 2 is 1.69 bits per heavy atom. The summed E-state index contributed by atoms with van der Waals surface area (Å²) in [6.07, 6.45) is 7.19. The van der Waals surface area contributed by atoms with E-state index in [1.807, 2.05) is 38.1 Å². The number of amides is 1. The van der Waals surface area contributed by atoms with Crippen molar-refractivity contribution in [3.05, 3.63) is 24.3 Å². The van der Waals surface area contributed by atoms with Gasteiger partial charge in [-0.25, -0.2) is 0 Å². The summed E-state index contributed by atoms with van der Waals surface area (Å²) < 4.78 is 5.82. The lowest BCUT2D eigenvalue weighted by Gasteiger charge is -2.55. The molecule has 4 nitrogen and oxygen atoms in total. The van der Waals surface area contributed by atoms with Crippen LogP contribution >= 0.6 is 12.2 Å². The normalized spacial score (nSPS) is 31.7. The van der Waals surface area contributed by atoms with E-state index in [0.717, 1.165) is 48.5 Å². The van der Waals surface area contributed by atoms with Crippen molar-refractivity contribution in [3.8, 4) is 5.75 Å². The van der Waals surface area contributed by atoms with E-state index in [-0.39, 0.29) is 17.4 Å². The van der Waals surface area contributed by atoms with E-state index in [1.165, 1.54) is 19.3 Å². The Kier molecular flexibility index (Phi) is 4.68. The van der Waals surface area contributed by atoms with Crippen LogP contribution in [-0.4, -0.2) is 17.1 Å². The number of anilines is 1. The van der Waals surface area contributed by atoms with Gasteiger partial charge in [0, 0.05) is 0 Å². The summed E-state index contributed by atoms with van der Waals surface area (Å²) in [6.45, 7) is 3.98. The first-order chi connectivity index (χ1) is 12.4. The molecule has 0 spiro atoms. The number of hydrogen-bond acceptors (Lipinski definition) is 3. The molecule has 0 radical (unpaired) electrons. The highest BCUT2D eigenvalue weighted by Crippen LogP contribution is 2.60. The van der Waals surface area contributed by atoms with Crippen molar-refractivity contribution in [2.75, 3.05) is 5.32 Å². The third-order valence-electron chi connectivity index (χ3n) is 6.24. The van der Waals surface area contributed by atoms with Gasteiger partial charge in [-0.2, -0.15) is 0 Å². The smallest absolute Gasteiger partial charge is 0.232 e. The van der Waals surface area contributed by atoms with Gasteiger partial charge in [0.15, 0.2) is 5.11 Å². The second kappa shape index (κ2) is 6.84. The highest BCUT2D eigenvalue weighted by molar-refractivity contribution is 7.80. The summed E-state index contributed by atoms with van der Waals surface area (Å²) >= 11 is 5.44. The Morgan fingerprint density at radius 3 is 2.27 bits per heavy atom. The van der Waals surface area contributed by atoms with Crippen molar-refractivity contribution in [1.29, 1.82) is 0 Å². The summed E-state index contributed by atoms with van der Waals surface area (Å²) in [5.74, 6) is 3.10. The zero-order valence-corrected chi connectivity index (χ0v) is 16.4. The minimum absolute atomic E-state index is 0.0770. The first-order valence-electron chi connectivity index (χ1n) is 9.82. The summed E-state index contributed by atoms with van der Waals surface area (Å²) in [4.78, 5) is 13.1. The highest BCUT2D eigenvalue weighted by Gasteiger charge is 2.54. The molecular formula is C21H28N2O2S. The van der Waals surface area contributed by atoms with Gasteiger partial charge < -0.3 is 15.4 Å². The van der Waals surface area contributed by atoms with Crippen LogP contribution in [0.5, 0.6) is 5.75 Å². The van der Waals surface area contributed by atoms with Crippen LogP contribution in [-0.2, 0) is 4.79 Å². The fraction of sp³-hybridized carbons (Fsp3) is 0.619. The fourth-order valence-electron chi connectivity index (χ4n) is 5.70. The molecule has 0 atom stereocenters. The van der Waals surface area contributed by atoms with E-state index in [1.54, 1.807) is 0 Å². The van der Waals surface area contributed by atoms with E-state index < -0.39 is 0 Å². The van der Waals surface area contributed by atoms with Crippen LogP contribution in [0.4, 0.5) is 5.69 Å². The molecular weight excluding hydrogens is 344 g/mol. The van der Waals surface area contributed by atoms with Crippen LogP contribution in [0.3, 0.4) is 0 Å². The van der Waals surface area contributed by atoms with Crippen LogP contribution in [0, 0.1) is 23.2 Å². The lowest BCUT2D eigenvalue weighted by molar-refractivity contribution is -0.144. The zero-order valence-electron chi connectivity index (χ0n) is 15.6. The Labute approximate surface area is 161 Å². The Bertz CT molecular complexity index is 680. The molecule has 4 saturated carbocycles. The van der Waals surface area contributed by atoms with Crippen molar-refractivity contribution < 1.29 is 9.53 Å². The number of benzene rings is 1. The minimum Gasteiger partial charge on any atom is -0.489 e. The molecule has 0 heterocycles. The first-order valence-corrected chi connectivity index (χ1v) is 10.2. The van der Waals surface area contributed by atoms with Gasteiger partial charge in [-0.3, -0.25) is 4.79 Å². The Balaban J connectivity index is 1.42. The largest absolute Gasteiger partial charge is 0.489 e. The molecule has 4 fully saturated rings. The number of ether oxygens (including phenoxy) is 1. The molecule has 0 saturated heterocycles. The minimum atomic E-state index is -0.186. The number of carbonyl (C=O) groups excluding carboxylic acids is 1. The summed E-state index contributed by atoms with van der Waals surface area (Å²) in [7, 11) is 0. The van der Waals surface area contributed by atoms with Gasteiger partial charge >= 0.3 is 0 Å². The highest BCUT2D eigenvalue weighted by atomic mass is 32.1. The molecule has 0 aromatic heterocycles. The average molecular weight is 373 g/mol. The van der Waals surface area contributed by atoms with Crippen LogP contribution in [0.15, 0.2) is 24.3 Å². The molecule has 0 unspecified atom stereocenters. The molecule has 5 rings (SSSR count). The van der Waals surface area contributed by atoms with Gasteiger partial charge in [0.2, 0.25) is 5.91 Å². The molecule has 1 amide bonds. The fourth-order valence-corrected chi connectivity index (χ4v) is 5.91. The topological polar surface area (TPSA) is 50.4 Å². The van der Waals surface area contributed by atoms with Crippen molar-refractivity contribution in [2.24, 2.45) is 23.2 Å². The van der Waals surface area contributed by atoms with Crippen molar-refractivity contribution in [3.63, 3.8) is 0 Å². The number of hydrogen-bond donors (Lipinski definition) is 2. The van der Waals surface area contributed by atoms with Crippen molar-refractivity contribution in [2.45, 2.75) is 58.5 Å². The molecule has 1 aromatic carbocycles. The lowest BCUT2D eigenvalue weighted by atomic mass is 9.49. The second-order valence-electron chi connectivity index (χ2n) is 8.77. The quantitative estimate of drug-likeness (QED) is 0.764. The number of thiocarbonyl (C=S) groups is 1.